The number of carbonyl (C=O) groups excluding carboxylic acids is 3. The Kier molecular flexibility index (Phi) is 63.7. The summed E-state index contributed by atoms with van der Waals surface area (Å²) in [5.41, 5.74) is 0. The molecule has 0 heterocycles. The van der Waals surface area contributed by atoms with Gasteiger partial charge in [-0.3, -0.25) is 14.4 Å². The third kappa shape index (κ3) is 65.0. The Balaban J connectivity index is 4.38. The average molecular weight is 1100 g/mol. The van der Waals surface area contributed by atoms with Crippen LogP contribution in [-0.2, 0) is 28.6 Å². The fraction of sp³-hybridized carbons (Fsp3) is 0.740. The number of hydrogen-bond acceptors (Lipinski definition) is 6. The van der Waals surface area contributed by atoms with Crippen molar-refractivity contribution >= 4 is 17.9 Å². The molecule has 0 aliphatic rings. The van der Waals surface area contributed by atoms with Crippen LogP contribution in [0.5, 0.6) is 0 Å². The summed E-state index contributed by atoms with van der Waals surface area (Å²) >= 11 is 0. The lowest BCUT2D eigenvalue weighted by Crippen LogP contribution is -2.30. The molecule has 0 saturated carbocycles. The molecule has 1 atom stereocenters. The zero-order valence-corrected chi connectivity index (χ0v) is 52.1. The normalized spacial score (nSPS) is 12.7. The predicted octanol–water partition coefficient (Wildman–Crippen LogP) is 23.2. The molecule has 0 radical (unpaired) electrons. The van der Waals surface area contributed by atoms with Crippen LogP contribution in [0.15, 0.2) is 97.2 Å². The molecule has 0 rings (SSSR count). The molecule has 454 valence electrons. The maximum atomic E-state index is 12.9. The zero-order valence-electron chi connectivity index (χ0n) is 52.1. The number of esters is 3. The summed E-state index contributed by atoms with van der Waals surface area (Å²) in [5, 5.41) is 0. The van der Waals surface area contributed by atoms with E-state index in [0.29, 0.717) is 19.3 Å². The molecular formula is C73H126O6. The first-order chi connectivity index (χ1) is 39.0. The number of allylic oxidation sites excluding steroid dienone is 16. The fourth-order valence-corrected chi connectivity index (χ4v) is 9.50. The van der Waals surface area contributed by atoms with Crippen molar-refractivity contribution in [3.8, 4) is 0 Å². The van der Waals surface area contributed by atoms with E-state index in [2.05, 4.69) is 118 Å². The first-order valence-corrected chi connectivity index (χ1v) is 33.7. The largest absolute Gasteiger partial charge is 0.462 e. The van der Waals surface area contributed by atoms with Crippen LogP contribution in [0, 0.1) is 0 Å². The molecule has 6 nitrogen and oxygen atoms in total. The minimum Gasteiger partial charge on any atom is -0.462 e. The summed E-state index contributed by atoms with van der Waals surface area (Å²) in [7, 11) is 0. The van der Waals surface area contributed by atoms with Gasteiger partial charge in [0.2, 0.25) is 0 Å². The van der Waals surface area contributed by atoms with Crippen molar-refractivity contribution in [2.75, 3.05) is 13.2 Å². The van der Waals surface area contributed by atoms with E-state index >= 15 is 0 Å². The molecule has 0 aliphatic heterocycles. The van der Waals surface area contributed by atoms with Crippen molar-refractivity contribution < 1.29 is 28.6 Å². The standard InChI is InChI=1S/C73H126O6/c1-4-7-10-13-16-19-22-25-28-31-34-35-36-37-40-42-45-48-51-54-57-60-63-66-72(75)78-69-70(79-73(76)67-64-61-58-55-52-49-46-43-39-33-30-27-24-21-18-15-12-9-6-3)68-77-71(74)65-62-59-56-53-50-47-44-41-38-32-29-26-23-20-17-14-11-8-5-2/h7,10,16-21,25-30,34-35,70H,4-6,8-9,11-15,22-24,31-33,36-69H2,1-3H3/b10-7-,19-16-,20-17-,21-18-,28-25-,29-26-,30-27-,35-34-. The summed E-state index contributed by atoms with van der Waals surface area (Å²) in [6, 6.07) is 0. The van der Waals surface area contributed by atoms with Crippen molar-refractivity contribution in [3.05, 3.63) is 97.2 Å². The molecule has 1 unspecified atom stereocenters. The molecule has 0 N–H and O–H groups in total. The van der Waals surface area contributed by atoms with Crippen molar-refractivity contribution in [2.45, 2.75) is 335 Å². The second-order valence-corrected chi connectivity index (χ2v) is 22.3. The number of hydrogen-bond donors (Lipinski definition) is 0. The van der Waals surface area contributed by atoms with Gasteiger partial charge in [-0.15, -0.1) is 0 Å². The minimum atomic E-state index is -0.786. The number of unbranched alkanes of at least 4 members (excludes halogenated alkanes) is 34. The van der Waals surface area contributed by atoms with Gasteiger partial charge in [-0.25, -0.2) is 0 Å². The highest BCUT2D eigenvalue weighted by Gasteiger charge is 2.19. The van der Waals surface area contributed by atoms with E-state index in [-0.39, 0.29) is 31.1 Å². The fourth-order valence-electron chi connectivity index (χ4n) is 9.50. The van der Waals surface area contributed by atoms with Crippen LogP contribution < -0.4 is 0 Å². The Morgan fingerprint density at radius 3 is 0.772 bits per heavy atom. The predicted molar refractivity (Wildman–Crippen MR) is 344 cm³/mol. The summed E-state index contributed by atoms with van der Waals surface area (Å²) in [4.78, 5) is 38.4. The maximum absolute atomic E-state index is 12.9. The van der Waals surface area contributed by atoms with Crippen LogP contribution in [0.3, 0.4) is 0 Å². The SMILES string of the molecule is CC/C=C\C/C=C\C/C=C\C/C=C\CCCCCCCCCCCCC(=O)OCC(COC(=O)CCCCCCCCCCC/C=C\C/C=C\CCCCC)OC(=O)CCCCCCCCCCC/C=C\C/C=C\CCCCC. The van der Waals surface area contributed by atoms with Gasteiger partial charge in [0.15, 0.2) is 6.10 Å². The van der Waals surface area contributed by atoms with Gasteiger partial charge in [0.25, 0.3) is 0 Å². The van der Waals surface area contributed by atoms with Gasteiger partial charge in [-0.05, 0) is 122 Å². The highest BCUT2D eigenvalue weighted by molar-refractivity contribution is 5.71. The molecular weight excluding hydrogens is 973 g/mol. The number of rotatable bonds is 61. The molecule has 0 aromatic heterocycles. The van der Waals surface area contributed by atoms with Crippen molar-refractivity contribution in [3.63, 3.8) is 0 Å². The quantitative estimate of drug-likeness (QED) is 0.0261. The van der Waals surface area contributed by atoms with Crippen molar-refractivity contribution in [1.29, 1.82) is 0 Å². The molecule has 0 aromatic rings. The van der Waals surface area contributed by atoms with E-state index in [4.69, 9.17) is 14.2 Å². The van der Waals surface area contributed by atoms with Gasteiger partial charge in [0, 0.05) is 19.3 Å². The molecule has 6 heteroatoms. The van der Waals surface area contributed by atoms with Crippen LogP contribution in [-0.4, -0.2) is 37.2 Å². The monoisotopic (exact) mass is 1100 g/mol. The number of carbonyl (C=O) groups is 3. The summed E-state index contributed by atoms with van der Waals surface area (Å²) in [5.74, 6) is -0.880. The third-order valence-electron chi connectivity index (χ3n) is 14.5. The van der Waals surface area contributed by atoms with E-state index in [0.717, 1.165) is 96.3 Å². The Bertz CT molecular complexity index is 1540. The van der Waals surface area contributed by atoms with E-state index in [1.54, 1.807) is 0 Å². The van der Waals surface area contributed by atoms with Crippen LogP contribution in [0.1, 0.15) is 329 Å². The lowest BCUT2D eigenvalue weighted by Gasteiger charge is -2.18. The van der Waals surface area contributed by atoms with Gasteiger partial charge >= 0.3 is 17.9 Å². The Morgan fingerprint density at radius 2 is 0.494 bits per heavy atom. The molecule has 0 saturated heterocycles. The average Bonchev–Trinajstić information content (AvgIpc) is 3.45. The van der Waals surface area contributed by atoms with Crippen molar-refractivity contribution in [2.24, 2.45) is 0 Å². The smallest absolute Gasteiger partial charge is 0.306 e. The number of ether oxygens (including phenoxy) is 3. The summed E-state index contributed by atoms with van der Waals surface area (Å²) in [6.07, 6.45) is 89.8. The van der Waals surface area contributed by atoms with E-state index in [1.165, 1.54) is 193 Å². The Morgan fingerprint density at radius 1 is 0.266 bits per heavy atom. The second-order valence-electron chi connectivity index (χ2n) is 22.3. The molecule has 0 spiro atoms. The van der Waals surface area contributed by atoms with E-state index in [9.17, 15) is 14.4 Å². The molecule has 0 bridgehead atoms. The highest BCUT2D eigenvalue weighted by atomic mass is 16.6. The van der Waals surface area contributed by atoms with Gasteiger partial charge < -0.3 is 14.2 Å². The van der Waals surface area contributed by atoms with Crippen LogP contribution in [0.4, 0.5) is 0 Å². The molecule has 0 fully saturated rings. The molecule has 0 aliphatic carbocycles. The Hall–Kier alpha value is -3.67. The molecule has 0 amide bonds. The van der Waals surface area contributed by atoms with E-state index < -0.39 is 6.10 Å². The molecule has 0 aromatic carbocycles. The van der Waals surface area contributed by atoms with Gasteiger partial charge in [0.05, 0.1) is 0 Å². The zero-order chi connectivity index (χ0) is 57.1. The van der Waals surface area contributed by atoms with Crippen molar-refractivity contribution in [1.82, 2.24) is 0 Å². The highest BCUT2D eigenvalue weighted by Crippen LogP contribution is 2.16. The topological polar surface area (TPSA) is 78.9 Å². The first kappa shape index (κ1) is 75.3. The molecule has 79 heavy (non-hydrogen) atoms. The van der Waals surface area contributed by atoms with Crippen LogP contribution >= 0.6 is 0 Å². The van der Waals surface area contributed by atoms with Gasteiger partial charge in [0.1, 0.15) is 13.2 Å². The third-order valence-corrected chi connectivity index (χ3v) is 14.5. The summed E-state index contributed by atoms with van der Waals surface area (Å²) in [6.45, 7) is 6.51. The first-order valence-electron chi connectivity index (χ1n) is 33.7. The lowest BCUT2D eigenvalue weighted by molar-refractivity contribution is -0.167. The van der Waals surface area contributed by atoms with Gasteiger partial charge in [-0.2, -0.15) is 0 Å². The van der Waals surface area contributed by atoms with Gasteiger partial charge in [-0.1, -0.05) is 285 Å². The van der Waals surface area contributed by atoms with Crippen LogP contribution in [0.2, 0.25) is 0 Å². The van der Waals surface area contributed by atoms with E-state index in [1.807, 2.05) is 0 Å². The Labute approximate surface area is 489 Å². The van der Waals surface area contributed by atoms with Crippen LogP contribution in [0.25, 0.3) is 0 Å². The minimum absolute atomic E-state index is 0.0814. The lowest BCUT2D eigenvalue weighted by atomic mass is 10.1. The second kappa shape index (κ2) is 66.8. The summed E-state index contributed by atoms with van der Waals surface area (Å²) < 4.78 is 17.0. The maximum Gasteiger partial charge on any atom is 0.306 e.